The highest BCUT2D eigenvalue weighted by Crippen LogP contribution is 2.44. The van der Waals surface area contributed by atoms with E-state index in [0.717, 1.165) is 44.3 Å². The molecule has 0 aliphatic carbocycles. The Balaban J connectivity index is 2.19. The van der Waals surface area contributed by atoms with Crippen LogP contribution in [0.15, 0.2) is 47.0 Å². The molecule has 134 valence electrons. The number of benzene rings is 2. The third-order valence-electron chi connectivity index (χ3n) is 5.36. The summed E-state index contributed by atoms with van der Waals surface area (Å²) in [6.45, 7) is 16.2. The van der Waals surface area contributed by atoms with E-state index < -0.39 is 0 Å². The zero-order valence-corrected chi connectivity index (χ0v) is 16.4. The van der Waals surface area contributed by atoms with Gasteiger partial charge in [-0.3, -0.25) is 0 Å². The fourth-order valence-corrected chi connectivity index (χ4v) is 4.14. The van der Waals surface area contributed by atoms with Crippen molar-refractivity contribution in [3.63, 3.8) is 0 Å². The van der Waals surface area contributed by atoms with E-state index in [1.165, 1.54) is 0 Å². The average molecular weight is 355 g/mol. The lowest BCUT2D eigenvalue weighted by Crippen LogP contribution is -2.30. The molecule has 2 heterocycles. The second-order valence-electron chi connectivity index (χ2n) is 7.53. The average Bonchev–Trinajstić information content (AvgIpc) is 2.99. The molecule has 4 rings (SSSR count). The van der Waals surface area contributed by atoms with Gasteiger partial charge in [0.25, 0.3) is 0 Å². The number of aromatic nitrogens is 1. The predicted molar refractivity (Wildman–Crippen MR) is 110 cm³/mol. The van der Waals surface area contributed by atoms with E-state index in [2.05, 4.69) is 61.4 Å². The van der Waals surface area contributed by atoms with E-state index in [0.29, 0.717) is 11.3 Å². The molecule has 3 heteroatoms. The van der Waals surface area contributed by atoms with E-state index in [9.17, 15) is 0 Å². The Hall–Kier alpha value is -3.12. The molecule has 4 aromatic rings. The summed E-state index contributed by atoms with van der Waals surface area (Å²) in [5, 5.41) is 2.09. The minimum Gasteiger partial charge on any atom is -0.466 e. The van der Waals surface area contributed by atoms with Crippen molar-refractivity contribution in [1.82, 2.24) is 0 Å². The third kappa shape index (κ3) is 2.52. The lowest BCUT2D eigenvalue weighted by molar-refractivity contribution is -0.660. The number of fused-ring (bicyclic) bond motifs is 3. The molecule has 0 saturated heterocycles. The Morgan fingerprint density at radius 3 is 2.44 bits per heavy atom. The van der Waals surface area contributed by atoms with Crippen LogP contribution >= 0.6 is 0 Å². The van der Waals surface area contributed by atoms with E-state index in [1.807, 2.05) is 25.4 Å². The zero-order chi connectivity index (χ0) is 19.3. The highest BCUT2D eigenvalue weighted by atomic mass is 16.3. The minimum absolute atomic E-state index is 0.278. The summed E-state index contributed by atoms with van der Waals surface area (Å²) in [6, 6.07) is 12.6. The summed E-state index contributed by atoms with van der Waals surface area (Å²) >= 11 is 0. The number of nitrogens with zero attached hydrogens (tertiary/aromatic N) is 2. The first-order valence-corrected chi connectivity index (χ1v) is 9.25. The molecule has 0 aliphatic heterocycles. The highest BCUT2D eigenvalue weighted by molar-refractivity contribution is 6.13. The van der Waals surface area contributed by atoms with Crippen LogP contribution in [0.25, 0.3) is 38.0 Å². The quantitative estimate of drug-likeness (QED) is 0.302. The molecule has 2 aromatic heterocycles. The first-order valence-electron chi connectivity index (χ1n) is 9.25. The van der Waals surface area contributed by atoms with Crippen LogP contribution in [0.4, 0.5) is 5.69 Å². The Morgan fingerprint density at radius 1 is 1.00 bits per heavy atom. The fraction of sp³-hybridized carbons (Fsp3) is 0.250. The van der Waals surface area contributed by atoms with Crippen LogP contribution in [-0.4, -0.2) is 0 Å². The van der Waals surface area contributed by atoms with Crippen LogP contribution in [0.5, 0.6) is 0 Å². The summed E-state index contributed by atoms with van der Waals surface area (Å²) in [6.07, 6.45) is 2.04. The molecule has 0 aliphatic rings. The maximum Gasteiger partial charge on any atom is 0.233 e. The third-order valence-corrected chi connectivity index (χ3v) is 5.36. The zero-order valence-electron chi connectivity index (χ0n) is 16.4. The van der Waals surface area contributed by atoms with Gasteiger partial charge in [-0.05, 0) is 43.0 Å². The molecule has 27 heavy (non-hydrogen) atoms. The van der Waals surface area contributed by atoms with Crippen molar-refractivity contribution < 1.29 is 8.98 Å². The topological polar surface area (TPSA) is 21.4 Å². The van der Waals surface area contributed by atoms with Crippen molar-refractivity contribution >= 4 is 27.6 Å². The first-order chi connectivity index (χ1) is 12.9. The van der Waals surface area contributed by atoms with Crippen LogP contribution in [-0.2, 0) is 7.05 Å². The largest absolute Gasteiger partial charge is 0.466 e. The normalized spacial score (nSPS) is 11.4. The van der Waals surface area contributed by atoms with Gasteiger partial charge in [-0.15, -0.1) is 0 Å². The molecule has 0 unspecified atom stereocenters. The van der Waals surface area contributed by atoms with E-state index >= 15 is 0 Å². The predicted octanol–water partition coefficient (Wildman–Crippen LogP) is 6.37. The molecule has 0 amide bonds. The fourth-order valence-electron chi connectivity index (χ4n) is 4.14. The number of hydrogen-bond acceptors (Lipinski definition) is 1. The summed E-state index contributed by atoms with van der Waals surface area (Å²) in [4.78, 5) is 3.87. The molecule has 0 spiro atoms. The molecular formula is C24H23N2O+. The van der Waals surface area contributed by atoms with Gasteiger partial charge in [-0.2, -0.15) is 0 Å². The maximum absolute atomic E-state index is 7.79. The van der Waals surface area contributed by atoms with Gasteiger partial charge in [0.15, 0.2) is 6.20 Å². The van der Waals surface area contributed by atoms with Gasteiger partial charge in [-0.25, -0.2) is 9.41 Å². The van der Waals surface area contributed by atoms with Crippen LogP contribution in [0.1, 0.15) is 36.5 Å². The van der Waals surface area contributed by atoms with Crippen molar-refractivity contribution in [1.29, 1.82) is 0 Å². The number of hydrogen-bond donors (Lipinski definition) is 0. The monoisotopic (exact) mass is 355 g/mol. The van der Waals surface area contributed by atoms with E-state index in [1.54, 1.807) is 0 Å². The van der Waals surface area contributed by atoms with Crippen LogP contribution in [0.3, 0.4) is 0 Å². The number of furan rings is 1. The molecule has 0 atom stereocenters. The van der Waals surface area contributed by atoms with Gasteiger partial charge < -0.3 is 4.42 Å². The molecule has 0 bridgehead atoms. The molecule has 0 fully saturated rings. The Morgan fingerprint density at radius 2 is 1.78 bits per heavy atom. The van der Waals surface area contributed by atoms with Gasteiger partial charge in [-0.1, -0.05) is 31.5 Å². The summed E-state index contributed by atoms with van der Waals surface area (Å²) in [5.74, 6) is 0.278. The number of rotatable bonds is 2. The van der Waals surface area contributed by atoms with Gasteiger partial charge in [0, 0.05) is 22.9 Å². The second-order valence-corrected chi connectivity index (χ2v) is 7.53. The van der Waals surface area contributed by atoms with Crippen molar-refractivity contribution in [3.05, 3.63) is 70.7 Å². The lowest BCUT2D eigenvalue weighted by atomic mass is 9.93. The molecule has 2 aromatic carbocycles. The Labute approximate surface area is 159 Å². The van der Waals surface area contributed by atoms with Gasteiger partial charge in [0.05, 0.1) is 12.1 Å². The maximum atomic E-state index is 7.79. The molecule has 0 N–H and O–H groups in total. The SMILES string of the molecule is [C-]#[N+]c1c(C(C)C)c(C)cc2c1oc1c(-c3cccc[n+]3C)c(C)ccc12. The van der Waals surface area contributed by atoms with Crippen molar-refractivity contribution in [2.24, 2.45) is 7.05 Å². The highest BCUT2D eigenvalue weighted by Gasteiger charge is 2.23. The van der Waals surface area contributed by atoms with E-state index in [4.69, 9.17) is 11.0 Å². The number of pyridine rings is 1. The van der Waals surface area contributed by atoms with Crippen molar-refractivity contribution in [2.75, 3.05) is 0 Å². The van der Waals surface area contributed by atoms with Crippen LogP contribution in [0.2, 0.25) is 0 Å². The van der Waals surface area contributed by atoms with Crippen molar-refractivity contribution in [2.45, 2.75) is 33.6 Å². The molecule has 0 radical (unpaired) electrons. The van der Waals surface area contributed by atoms with Gasteiger partial charge in [0.2, 0.25) is 11.4 Å². The Kier molecular flexibility index (Phi) is 4.00. The summed E-state index contributed by atoms with van der Waals surface area (Å²) < 4.78 is 8.52. The van der Waals surface area contributed by atoms with E-state index in [-0.39, 0.29) is 5.92 Å². The summed E-state index contributed by atoms with van der Waals surface area (Å²) in [5.41, 5.74) is 7.80. The number of aryl methyl sites for hydroxylation is 3. The summed E-state index contributed by atoms with van der Waals surface area (Å²) in [7, 11) is 2.04. The standard InChI is InChI=1S/C24H23N2O/c1-14(2)20-16(4)13-18-17-11-10-15(3)21(19-9-7-8-12-26(19)6)23(17)27-24(18)22(20)25-5/h7-14H,1-4,6H3/q+1. The molecule has 3 nitrogen and oxygen atoms in total. The van der Waals surface area contributed by atoms with Gasteiger partial charge in [0.1, 0.15) is 18.2 Å². The lowest BCUT2D eigenvalue weighted by Gasteiger charge is -2.12. The molecule has 0 saturated carbocycles. The second kappa shape index (κ2) is 6.25. The Bertz CT molecular complexity index is 1240. The van der Waals surface area contributed by atoms with Gasteiger partial charge >= 0.3 is 0 Å². The minimum atomic E-state index is 0.278. The smallest absolute Gasteiger partial charge is 0.233 e. The van der Waals surface area contributed by atoms with Crippen LogP contribution < -0.4 is 4.57 Å². The van der Waals surface area contributed by atoms with Crippen LogP contribution in [0, 0.1) is 20.4 Å². The first kappa shape index (κ1) is 17.3. The molecular weight excluding hydrogens is 332 g/mol. The van der Waals surface area contributed by atoms with Crippen molar-refractivity contribution in [3.8, 4) is 11.3 Å².